The van der Waals surface area contributed by atoms with Crippen molar-refractivity contribution in [2.45, 2.75) is 62.7 Å². The zero-order valence-electron chi connectivity index (χ0n) is 8.74. The molecule has 0 amide bonds. The van der Waals surface area contributed by atoms with Crippen LogP contribution >= 0.6 is 0 Å². The number of ether oxygens (including phenoxy) is 1. The van der Waals surface area contributed by atoms with Gasteiger partial charge in [-0.05, 0) is 25.7 Å². The molecule has 0 radical (unpaired) electrons. The van der Waals surface area contributed by atoms with Gasteiger partial charge in [-0.25, -0.2) is 0 Å². The third-order valence-electron chi connectivity index (χ3n) is 3.48. The predicted octanol–water partition coefficient (Wildman–Crippen LogP) is 1.19. The van der Waals surface area contributed by atoms with Crippen LogP contribution in [0.25, 0.3) is 0 Å². The highest BCUT2D eigenvalue weighted by molar-refractivity contribution is 4.92. The topological polar surface area (TPSA) is 55.5 Å². The smallest absolute Gasteiger partial charge is 0.0819 e. The molecule has 2 aliphatic carbocycles. The third-order valence-corrected chi connectivity index (χ3v) is 3.48. The largest absolute Gasteiger partial charge is 0.388 e. The van der Waals surface area contributed by atoms with Crippen molar-refractivity contribution in [2.24, 2.45) is 5.73 Å². The summed E-state index contributed by atoms with van der Waals surface area (Å²) in [5.41, 5.74) is 5.29. The summed E-state index contributed by atoms with van der Waals surface area (Å²) >= 11 is 0. The summed E-state index contributed by atoms with van der Waals surface area (Å²) in [7, 11) is 0. The molecule has 0 heterocycles. The minimum absolute atomic E-state index is 0.0425. The SMILES string of the molecule is NC1CCCCC1(O)CCOC1CC1. The van der Waals surface area contributed by atoms with E-state index in [0.717, 1.165) is 25.7 Å². The van der Waals surface area contributed by atoms with E-state index in [9.17, 15) is 5.11 Å². The van der Waals surface area contributed by atoms with Crippen molar-refractivity contribution in [1.29, 1.82) is 0 Å². The van der Waals surface area contributed by atoms with Gasteiger partial charge >= 0.3 is 0 Å². The van der Waals surface area contributed by atoms with Gasteiger partial charge in [-0.3, -0.25) is 0 Å². The highest BCUT2D eigenvalue weighted by Gasteiger charge is 2.36. The molecule has 82 valence electrons. The molecule has 3 heteroatoms. The van der Waals surface area contributed by atoms with Gasteiger partial charge in [0, 0.05) is 19.1 Å². The zero-order chi connectivity index (χ0) is 10.0. The lowest BCUT2D eigenvalue weighted by Crippen LogP contribution is -2.50. The fourth-order valence-corrected chi connectivity index (χ4v) is 2.20. The summed E-state index contributed by atoms with van der Waals surface area (Å²) in [5, 5.41) is 10.3. The summed E-state index contributed by atoms with van der Waals surface area (Å²) in [6, 6.07) is -0.0425. The molecule has 0 aromatic carbocycles. The van der Waals surface area contributed by atoms with Gasteiger partial charge in [-0.15, -0.1) is 0 Å². The predicted molar refractivity (Wildman–Crippen MR) is 55.0 cm³/mol. The number of rotatable bonds is 4. The average Bonchev–Trinajstić information content (AvgIpc) is 2.94. The number of aliphatic hydroxyl groups is 1. The van der Waals surface area contributed by atoms with Crippen LogP contribution in [0, 0.1) is 0 Å². The third kappa shape index (κ3) is 2.47. The fraction of sp³-hybridized carbons (Fsp3) is 1.00. The maximum Gasteiger partial charge on any atom is 0.0819 e. The van der Waals surface area contributed by atoms with E-state index in [-0.39, 0.29) is 6.04 Å². The van der Waals surface area contributed by atoms with Crippen molar-refractivity contribution in [1.82, 2.24) is 0 Å². The molecule has 2 atom stereocenters. The van der Waals surface area contributed by atoms with Crippen molar-refractivity contribution < 1.29 is 9.84 Å². The van der Waals surface area contributed by atoms with Crippen LogP contribution in [0.3, 0.4) is 0 Å². The highest BCUT2D eigenvalue weighted by atomic mass is 16.5. The second kappa shape index (κ2) is 4.17. The Hall–Kier alpha value is -0.120. The van der Waals surface area contributed by atoms with E-state index in [4.69, 9.17) is 10.5 Å². The van der Waals surface area contributed by atoms with Gasteiger partial charge < -0.3 is 15.6 Å². The Morgan fingerprint density at radius 1 is 1.29 bits per heavy atom. The molecular formula is C11H21NO2. The van der Waals surface area contributed by atoms with Crippen molar-refractivity contribution in [2.75, 3.05) is 6.61 Å². The molecule has 2 unspecified atom stereocenters. The molecule has 2 saturated carbocycles. The molecule has 3 nitrogen and oxygen atoms in total. The number of hydrogen-bond acceptors (Lipinski definition) is 3. The van der Waals surface area contributed by atoms with Crippen LogP contribution < -0.4 is 5.73 Å². The van der Waals surface area contributed by atoms with Gasteiger partial charge in [0.25, 0.3) is 0 Å². The number of hydrogen-bond donors (Lipinski definition) is 2. The molecule has 0 bridgehead atoms. The Bertz CT molecular complexity index is 194. The minimum atomic E-state index is -0.646. The van der Waals surface area contributed by atoms with Gasteiger partial charge in [0.15, 0.2) is 0 Å². The average molecular weight is 199 g/mol. The summed E-state index contributed by atoms with van der Waals surface area (Å²) in [4.78, 5) is 0. The van der Waals surface area contributed by atoms with Crippen molar-refractivity contribution >= 4 is 0 Å². The first-order valence-corrected chi connectivity index (χ1v) is 5.80. The standard InChI is InChI=1S/C11H21NO2/c12-10-3-1-2-6-11(10,13)7-8-14-9-4-5-9/h9-10,13H,1-8,12H2. The molecule has 14 heavy (non-hydrogen) atoms. The van der Waals surface area contributed by atoms with Crippen molar-refractivity contribution in [3.8, 4) is 0 Å². The Morgan fingerprint density at radius 3 is 2.71 bits per heavy atom. The molecule has 3 N–H and O–H groups in total. The second-order valence-electron chi connectivity index (χ2n) is 4.78. The van der Waals surface area contributed by atoms with Crippen LogP contribution in [0.15, 0.2) is 0 Å². The lowest BCUT2D eigenvalue weighted by molar-refractivity contribution is -0.0439. The van der Waals surface area contributed by atoms with Gasteiger partial charge in [0.05, 0.1) is 11.7 Å². The quantitative estimate of drug-likeness (QED) is 0.715. The van der Waals surface area contributed by atoms with E-state index < -0.39 is 5.60 Å². The van der Waals surface area contributed by atoms with Crippen LogP contribution in [0.1, 0.15) is 44.9 Å². The van der Waals surface area contributed by atoms with Crippen molar-refractivity contribution in [3.05, 3.63) is 0 Å². The molecule has 2 fully saturated rings. The monoisotopic (exact) mass is 199 g/mol. The van der Waals surface area contributed by atoms with Crippen LogP contribution in [-0.2, 0) is 4.74 Å². The Kier molecular flexibility index (Phi) is 3.10. The van der Waals surface area contributed by atoms with Crippen LogP contribution in [0.5, 0.6) is 0 Å². The van der Waals surface area contributed by atoms with Crippen LogP contribution in [-0.4, -0.2) is 29.5 Å². The maximum absolute atomic E-state index is 10.3. The Labute approximate surface area is 85.6 Å². The molecule has 0 aromatic heterocycles. The first-order chi connectivity index (χ1) is 6.71. The van der Waals surface area contributed by atoms with Gasteiger partial charge in [0.2, 0.25) is 0 Å². The molecule has 0 spiro atoms. The summed E-state index contributed by atoms with van der Waals surface area (Å²) in [6.45, 7) is 0.675. The van der Waals surface area contributed by atoms with E-state index >= 15 is 0 Å². The summed E-state index contributed by atoms with van der Waals surface area (Å²) in [6.07, 6.45) is 7.67. The highest BCUT2D eigenvalue weighted by Crippen LogP contribution is 2.31. The zero-order valence-corrected chi connectivity index (χ0v) is 8.74. The van der Waals surface area contributed by atoms with E-state index in [1.807, 2.05) is 0 Å². The van der Waals surface area contributed by atoms with E-state index in [1.165, 1.54) is 12.8 Å². The van der Waals surface area contributed by atoms with E-state index in [0.29, 0.717) is 19.1 Å². The van der Waals surface area contributed by atoms with Crippen LogP contribution in [0.2, 0.25) is 0 Å². The van der Waals surface area contributed by atoms with E-state index in [1.54, 1.807) is 0 Å². The summed E-state index contributed by atoms with van der Waals surface area (Å²) < 4.78 is 5.55. The maximum atomic E-state index is 10.3. The molecule has 0 saturated heterocycles. The molecular weight excluding hydrogens is 178 g/mol. The first kappa shape index (κ1) is 10.4. The lowest BCUT2D eigenvalue weighted by Gasteiger charge is -2.37. The van der Waals surface area contributed by atoms with Crippen molar-refractivity contribution in [3.63, 3.8) is 0 Å². The van der Waals surface area contributed by atoms with Gasteiger partial charge in [0.1, 0.15) is 0 Å². The number of nitrogens with two attached hydrogens (primary N) is 1. The Morgan fingerprint density at radius 2 is 2.07 bits per heavy atom. The molecule has 2 aliphatic rings. The molecule has 0 aliphatic heterocycles. The van der Waals surface area contributed by atoms with Gasteiger partial charge in [-0.2, -0.15) is 0 Å². The summed E-state index contributed by atoms with van der Waals surface area (Å²) in [5.74, 6) is 0. The van der Waals surface area contributed by atoms with Gasteiger partial charge in [-0.1, -0.05) is 12.8 Å². The molecule has 2 rings (SSSR count). The fourth-order valence-electron chi connectivity index (χ4n) is 2.20. The molecule has 0 aromatic rings. The normalized spacial score (nSPS) is 38.6. The van der Waals surface area contributed by atoms with E-state index in [2.05, 4.69) is 0 Å². The Balaban J connectivity index is 1.73. The second-order valence-corrected chi connectivity index (χ2v) is 4.78. The lowest BCUT2D eigenvalue weighted by atomic mass is 9.79. The minimum Gasteiger partial charge on any atom is -0.388 e. The first-order valence-electron chi connectivity index (χ1n) is 5.80. The van der Waals surface area contributed by atoms with Crippen LogP contribution in [0.4, 0.5) is 0 Å².